The van der Waals surface area contributed by atoms with Crippen molar-refractivity contribution < 1.29 is 8.78 Å². The van der Waals surface area contributed by atoms with Gasteiger partial charge >= 0.3 is 0 Å². The van der Waals surface area contributed by atoms with Crippen LogP contribution < -0.4 is 0 Å². The Balaban J connectivity index is 1.29. The number of fused-ring (bicyclic) bond motifs is 3. The molecule has 0 bridgehead atoms. The zero-order valence-corrected chi connectivity index (χ0v) is 13.9. The second-order valence-electron chi connectivity index (χ2n) is 8.17. The van der Waals surface area contributed by atoms with E-state index in [9.17, 15) is 8.78 Å². The molecule has 24 heavy (non-hydrogen) atoms. The Morgan fingerprint density at radius 1 is 0.833 bits per heavy atom. The van der Waals surface area contributed by atoms with Gasteiger partial charge in [0, 0.05) is 0 Å². The van der Waals surface area contributed by atoms with Crippen LogP contribution in [0.2, 0.25) is 0 Å². The van der Waals surface area contributed by atoms with Crippen molar-refractivity contribution in [1.29, 1.82) is 0 Å². The van der Waals surface area contributed by atoms with E-state index in [0.717, 1.165) is 34.3 Å². The first-order chi connectivity index (χ1) is 11.6. The molecule has 2 heteroatoms. The van der Waals surface area contributed by atoms with Gasteiger partial charge in [-0.2, -0.15) is 0 Å². The average molecular weight is 324 g/mol. The van der Waals surface area contributed by atoms with Gasteiger partial charge in [-0.1, -0.05) is 37.3 Å². The van der Waals surface area contributed by atoms with Crippen molar-refractivity contribution in [2.75, 3.05) is 0 Å². The number of hydrogen-bond acceptors (Lipinski definition) is 0. The highest BCUT2D eigenvalue weighted by Crippen LogP contribution is 2.85. The van der Waals surface area contributed by atoms with E-state index in [4.69, 9.17) is 0 Å². The van der Waals surface area contributed by atoms with Gasteiger partial charge in [0.15, 0.2) is 11.6 Å². The van der Waals surface area contributed by atoms with Crippen molar-refractivity contribution in [1.82, 2.24) is 0 Å². The maximum Gasteiger partial charge on any atom is 0.159 e. The largest absolute Gasteiger partial charge is 0.204 e. The molecule has 0 N–H and O–H groups in total. The second kappa shape index (κ2) is 4.91. The molecule has 0 heterocycles. The third-order valence-electron chi connectivity index (χ3n) is 7.15. The molecule has 2 aromatic carbocycles. The van der Waals surface area contributed by atoms with Crippen LogP contribution in [0.4, 0.5) is 8.78 Å². The lowest BCUT2D eigenvalue weighted by molar-refractivity contribution is 0.200. The highest BCUT2D eigenvalue weighted by atomic mass is 19.2. The van der Waals surface area contributed by atoms with Gasteiger partial charge in [0.05, 0.1) is 0 Å². The van der Waals surface area contributed by atoms with E-state index in [2.05, 4.69) is 19.1 Å². The number of hydrogen-bond donors (Lipinski definition) is 0. The van der Waals surface area contributed by atoms with E-state index in [-0.39, 0.29) is 0 Å². The maximum atomic E-state index is 13.4. The predicted molar refractivity (Wildman–Crippen MR) is 91.6 cm³/mol. The Morgan fingerprint density at radius 2 is 1.46 bits per heavy atom. The third kappa shape index (κ3) is 2.01. The molecule has 0 aromatic heterocycles. The molecule has 2 unspecified atom stereocenters. The maximum absolute atomic E-state index is 13.4. The van der Waals surface area contributed by atoms with Crippen LogP contribution in [0.15, 0.2) is 42.5 Å². The predicted octanol–water partition coefficient (Wildman–Crippen LogP) is 6.17. The Morgan fingerprint density at radius 3 is 2.04 bits per heavy atom. The summed E-state index contributed by atoms with van der Waals surface area (Å²) in [5.74, 6) is 2.23. The van der Waals surface area contributed by atoms with E-state index < -0.39 is 11.6 Å². The first-order valence-electron chi connectivity index (χ1n) is 9.15. The Bertz CT molecular complexity index is 772. The molecule has 0 aliphatic heterocycles. The highest BCUT2D eigenvalue weighted by molar-refractivity contribution is 5.63. The van der Waals surface area contributed by atoms with E-state index >= 15 is 0 Å². The Labute approximate surface area is 141 Å². The normalized spacial score (nSPS) is 36.5. The molecule has 2 aromatic rings. The lowest BCUT2D eigenvalue weighted by Crippen LogP contribution is -2.23. The van der Waals surface area contributed by atoms with Crippen molar-refractivity contribution in [3.63, 3.8) is 0 Å². The standard InChI is InChI=1S/C22H22F2/c1-13-20-21(13)22(20)10-8-16(9-11-22)14-2-4-15(5-3-14)17-6-7-18(23)19(24)12-17/h2-7,12-13,16,20-21H,8-11H2,1H3. The topological polar surface area (TPSA) is 0 Å². The lowest BCUT2D eigenvalue weighted by atomic mass is 9.70. The van der Waals surface area contributed by atoms with Crippen LogP contribution >= 0.6 is 0 Å². The molecule has 3 saturated carbocycles. The quantitative estimate of drug-likeness (QED) is 0.619. The molecular formula is C22H22F2. The summed E-state index contributed by atoms with van der Waals surface area (Å²) in [4.78, 5) is 0. The highest BCUT2D eigenvalue weighted by Gasteiger charge is 2.80. The van der Waals surface area contributed by atoms with Crippen LogP contribution in [0, 0.1) is 34.8 Å². The van der Waals surface area contributed by atoms with Gasteiger partial charge in [-0.3, -0.25) is 0 Å². The summed E-state index contributed by atoms with van der Waals surface area (Å²) in [7, 11) is 0. The number of halogens is 2. The van der Waals surface area contributed by atoms with Gasteiger partial charge in [0.25, 0.3) is 0 Å². The van der Waals surface area contributed by atoms with Crippen LogP contribution in [0.1, 0.15) is 44.1 Å². The Kier molecular flexibility index (Phi) is 2.99. The summed E-state index contributed by atoms with van der Waals surface area (Å²) in [5.41, 5.74) is 3.83. The number of benzene rings is 2. The third-order valence-corrected chi connectivity index (χ3v) is 7.15. The number of rotatable bonds is 2. The van der Waals surface area contributed by atoms with Gasteiger partial charge in [0.1, 0.15) is 0 Å². The summed E-state index contributed by atoms with van der Waals surface area (Å²) in [6.07, 6.45) is 5.43. The van der Waals surface area contributed by atoms with Crippen LogP contribution in [-0.4, -0.2) is 0 Å². The van der Waals surface area contributed by atoms with Crippen LogP contribution in [0.3, 0.4) is 0 Å². The van der Waals surface area contributed by atoms with Crippen molar-refractivity contribution >= 4 is 0 Å². The first kappa shape index (κ1) is 14.6. The van der Waals surface area contributed by atoms with E-state index in [0.29, 0.717) is 5.92 Å². The zero-order chi connectivity index (χ0) is 16.5. The molecule has 0 saturated heterocycles. The van der Waals surface area contributed by atoms with Crippen LogP contribution in [0.5, 0.6) is 0 Å². The monoisotopic (exact) mass is 324 g/mol. The smallest absolute Gasteiger partial charge is 0.159 e. The minimum absolute atomic E-state index is 0.671. The van der Waals surface area contributed by atoms with Gasteiger partial charge in [-0.25, -0.2) is 8.78 Å². The fraction of sp³-hybridized carbons (Fsp3) is 0.455. The summed E-state index contributed by atoms with van der Waals surface area (Å²) < 4.78 is 26.5. The molecule has 3 aliphatic rings. The minimum Gasteiger partial charge on any atom is -0.204 e. The SMILES string of the molecule is CC1C2C1C21CCC(c2ccc(-c3ccc(F)c(F)c3)cc2)CC1. The average Bonchev–Trinajstić information content (AvgIpc) is 3.49. The van der Waals surface area contributed by atoms with Gasteiger partial charge in [-0.15, -0.1) is 0 Å². The molecule has 1 spiro atoms. The van der Waals surface area contributed by atoms with Crippen molar-refractivity contribution in [2.24, 2.45) is 23.2 Å². The second-order valence-corrected chi connectivity index (χ2v) is 8.17. The molecule has 0 amide bonds. The first-order valence-corrected chi connectivity index (χ1v) is 9.15. The molecule has 3 fully saturated rings. The van der Waals surface area contributed by atoms with Gasteiger partial charge in [-0.05, 0) is 83.6 Å². The van der Waals surface area contributed by atoms with Crippen LogP contribution in [0.25, 0.3) is 11.1 Å². The van der Waals surface area contributed by atoms with E-state index in [1.807, 2.05) is 12.1 Å². The molecule has 0 radical (unpaired) electrons. The lowest BCUT2D eigenvalue weighted by Gasteiger charge is -2.34. The Hall–Kier alpha value is -1.70. The van der Waals surface area contributed by atoms with Crippen molar-refractivity contribution in [2.45, 2.75) is 38.5 Å². The van der Waals surface area contributed by atoms with E-state index in [1.165, 1.54) is 43.4 Å². The fourth-order valence-corrected chi connectivity index (χ4v) is 5.73. The summed E-state index contributed by atoms with van der Waals surface area (Å²) >= 11 is 0. The fourth-order valence-electron chi connectivity index (χ4n) is 5.73. The molecule has 3 aliphatic carbocycles. The summed E-state index contributed by atoms with van der Waals surface area (Å²) in [5, 5.41) is 0. The molecular weight excluding hydrogens is 302 g/mol. The zero-order valence-electron chi connectivity index (χ0n) is 13.9. The molecule has 5 rings (SSSR count). The van der Waals surface area contributed by atoms with Crippen molar-refractivity contribution in [3.8, 4) is 11.1 Å². The summed E-state index contributed by atoms with van der Waals surface area (Å²) in [6.45, 7) is 2.41. The minimum atomic E-state index is -0.793. The summed E-state index contributed by atoms with van der Waals surface area (Å²) in [6, 6.07) is 12.5. The van der Waals surface area contributed by atoms with Crippen LogP contribution in [-0.2, 0) is 0 Å². The van der Waals surface area contributed by atoms with Gasteiger partial charge in [0.2, 0.25) is 0 Å². The van der Waals surface area contributed by atoms with Gasteiger partial charge < -0.3 is 0 Å². The van der Waals surface area contributed by atoms with Crippen molar-refractivity contribution in [3.05, 3.63) is 59.7 Å². The molecule has 0 nitrogen and oxygen atoms in total. The molecule has 124 valence electrons. The van der Waals surface area contributed by atoms with E-state index in [1.54, 1.807) is 6.07 Å². The molecule has 2 atom stereocenters.